The molecule has 3 aromatic rings. The number of amides is 1. The maximum atomic E-state index is 13.2. The molecule has 0 spiro atoms. The number of fused-ring (bicyclic) bond motifs is 5. The second-order valence-electron chi connectivity index (χ2n) is 7.97. The molecular formula is C27H29N3O4. The van der Waals surface area contributed by atoms with E-state index >= 15 is 0 Å². The van der Waals surface area contributed by atoms with E-state index in [0.29, 0.717) is 13.2 Å². The van der Waals surface area contributed by atoms with Gasteiger partial charge in [0.2, 0.25) is 5.43 Å². The third-order valence-corrected chi connectivity index (χ3v) is 5.84. The predicted octanol–water partition coefficient (Wildman–Crippen LogP) is 3.98. The lowest BCUT2D eigenvalue weighted by atomic mass is 9.96. The van der Waals surface area contributed by atoms with Crippen molar-refractivity contribution in [3.8, 4) is 11.5 Å². The van der Waals surface area contributed by atoms with Gasteiger partial charge in [0.15, 0.2) is 11.4 Å². The number of pyridine rings is 1. The number of rotatable bonds is 1. The third-order valence-electron chi connectivity index (χ3n) is 5.84. The summed E-state index contributed by atoms with van der Waals surface area (Å²) in [6, 6.07) is 17.0. The van der Waals surface area contributed by atoms with E-state index in [1.165, 1.54) is 6.07 Å². The highest BCUT2D eigenvalue weighted by atomic mass is 16.5. The van der Waals surface area contributed by atoms with Crippen LogP contribution in [0, 0.1) is 6.92 Å². The van der Waals surface area contributed by atoms with Crippen molar-refractivity contribution in [2.45, 2.75) is 26.8 Å². The summed E-state index contributed by atoms with van der Waals surface area (Å²) < 4.78 is 7.73. The van der Waals surface area contributed by atoms with Gasteiger partial charge in [-0.15, -0.1) is 0 Å². The van der Waals surface area contributed by atoms with E-state index in [4.69, 9.17) is 4.74 Å². The Hall–Kier alpha value is -4.00. The molecule has 1 aromatic heterocycles. The minimum atomic E-state index is -0.582. The first-order chi connectivity index (χ1) is 16.5. The average molecular weight is 460 g/mol. The van der Waals surface area contributed by atoms with Crippen LogP contribution in [0.15, 0.2) is 77.7 Å². The van der Waals surface area contributed by atoms with Crippen molar-refractivity contribution in [3.63, 3.8) is 0 Å². The topological polar surface area (TPSA) is 75.0 Å². The number of benzene rings is 2. The summed E-state index contributed by atoms with van der Waals surface area (Å²) in [5, 5.41) is 12.5. The van der Waals surface area contributed by atoms with Crippen LogP contribution in [0.3, 0.4) is 0 Å². The number of carbonyl (C=O) groups excluding carboxylic acids is 1. The first kappa shape index (κ1) is 23.2. The molecule has 0 saturated heterocycles. The van der Waals surface area contributed by atoms with Crippen molar-refractivity contribution in [1.82, 2.24) is 9.58 Å². The van der Waals surface area contributed by atoms with Gasteiger partial charge >= 0.3 is 0 Å². The quantitative estimate of drug-likeness (QED) is 0.557. The zero-order chi connectivity index (χ0) is 24.2. The minimum absolute atomic E-state index is 0.0353. The molecule has 7 heteroatoms. The molecule has 1 N–H and O–H groups in total. The molecule has 2 aliphatic rings. The molecule has 0 radical (unpaired) electrons. The molecule has 1 unspecified atom stereocenters. The standard InChI is InChI=1S/C25H23N3O4.C2H6/c1-17-9-10-19-21(15-17)32-14-6-5-12-26-16-28(22(19)18-7-3-2-4-8-18)27-13-11-20(29)24(30)23(27)25(26)31;1-2/h2-11,13,15,22,30H,12,14,16H2,1H3;1-2H3/b6-5+;. The molecule has 1 amide bonds. The SMILES string of the molecule is CC.Cc1ccc2c(c1)OC/C=C/CN1CN(C2c2ccccc2)n2ccc(=O)c(O)c2C1=O. The second kappa shape index (κ2) is 9.87. The van der Waals surface area contributed by atoms with Crippen molar-refractivity contribution < 1.29 is 14.6 Å². The maximum absolute atomic E-state index is 13.2. The molecule has 7 nitrogen and oxygen atoms in total. The van der Waals surface area contributed by atoms with Gasteiger partial charge in [0.05, 0.1) is 0 Å². The number of aromatic nitrogens is 1. The van der Waals surface area contributed by atoms with Gasteiger partial charge in [-0.25, -0.2) is 0 Å². The van der Waals surface area contributed by atoms with Crippen molar-refractivity contribution in [2.24, 2.45) is 0 Å². The lowest BCUT2D eigenvalue weighted by Gasteiger charge is -2.43. The number of aromatic hydroxyl groups is 1. The van der Waals surface area contributed by atoms with Crippen molar-refractivity contribution >= 4 is 5.91 Å². The highest BCUT2D eigenvalue weighted by Gasteiger charge is 2.37. The molecule has 176 valence electrons. The van der Waals surface area contributed by atoms with Crippen LogP contribution < -0.4 is 15.2 Å². The molecule has 34 heavy (non-hydrogen) atoms. The Morgan fingerprint density at radius 3 is 2.53 bits per heavy atom. The molecule has 3 heterocycles. The number of carbonyl (C=O) groups is 1. The van der Waals surface area contributed by atoms with Gasteiger partial charge in [-0.05, 0) is 30.2 Å². The van der Waals surface area contributed by atoms with Crippen LogP contribution >= 0.6 is 0 Å². The smallest absolute Gasteiger partial charge is 0.278 e. The third kappa shape index (κ3) is 4.17. The predicted molar refractivity (Wildman–Crippen MR) is 132 cm³/mol. The van der Waals surface area contributed by atoms with E-state index in [0.717, 1.165) is 22.4 Å². The van der Waals surface area contributed by atoms with E-state index in [9.17, 15) is 14.7 Å². The number of nitrogens with zero attached hydrogens (tertiary/aromatic N) is 3. The fourth-order valence-electron chi connectivity index (χ4n) is 4.28. The van der Waals surface area contributed by atoms with Gasteiger partial charge in [0, 0.05) is 24.4 Å². The summed E-state index contributed by atoms with van der Waals surface area (Å²) in [5.74, 6) is -0.184. The fourth-order valence-corrected chi connectivity index (χ4v) is 4.28. The number of hydrogen-bond donors (Lipinski definition) is 1. The van der Waals surface area contributed by atoms with Crippen LogP contribution in [0.25, 0.3) is 0 Å². The molecule has 2 aliphatic heterocycles. The maximum Gasteiger partial charge on any atom is 0.278 e. The Labute approximate surface area is 199 Å². The van der Waals surface area contributed by atoms with Crippen molar-refractivity contribution in [3.05, 3.63) is 106 Å². The van der Waals surface area contributed by atoms with Crippen molar-refractivity contribution in [2.75, 3.05) is 24.8 Å². The summed E-state index contributed by atoms with van der Waals surface area (Å²) in [4.78, 5) is 27.0. The molecule has 2 aromatic carbocycles. The summed E-state index contributed by atoms with van der Waals surface area (Å²) in [6.45, 7) is 6.99. The molecule has 0 fully saturated rings. The average Bonchev–Trinajstić information content (AvgIpc) is 2.88. The Balaban J connectivity index is 0.00000133. The lowest BCUT2D eigenvalue weighted by molar-refractivity contribution is 0.0701. The zero-order valence-electron chi connectivity index (χ0n) is 19.6. The first-order valence-corrected chi connectivity index (χ1v) is 11.5. The summed E-state index contributed by atoms with van der Waals surface area (Å²) >= 11 is 0. The number of ether oxygens (including phenoxy) is 1. The largest absolute Gasteiger partial charge is 0.502 e. The van der Waals surface area contributed by atoms with Gasteiger partial charge in [0.25, 0.3) is 5.91 Å². The minimum Gasteiger partial charge on any atom is -0.502 e. The van der Waals surface area contributed by atoms with Gasteiger partial charge in [-0.1, -0.05) is 62.4 Å². The van der Waals surface area contributed by atoms with E-state index in [1.807, 2.05) is 86.5 Å². The fraction of sp³-hybridized carbons (Fsp3) is 0.259. The van der Waals surface area contributed by atoms with Crippen LogP contribution in [0.5, 0.6) is 11.5 Å². The normalized spacial score (nSPS) is 17.9. The highest BCUT2D eigenvalue weighted by molar-refractivity contribution is 5.96. The number of aryl methyl sites for hydroxylation is 1. The van der Waals surface area contributed by atoms with Gasteiger partial charge < -0.3 is 14.7 Å². The molecule has 2 bridgehead atoms. The van der Waals surface area contributed by atoms with Crippen LogP contribution in [-0.2, 0) is 0 Å². The first-order valence-electron chi connectivity index (χ1n) is 11.5. The number of hydrogen-bond acceptors (Lipinski definition) is 5. The van der Waals surface area contributed by atoms with E-state index < -0.39 is 17.1 Å². The van der Waals surface area contributed by atoms with Crippen LogP contribution in [0.2, 0.25) is 0 Å². The Morgan fingerprint density at radius 2 is 1.76 bits per heavy atom. The summed E-state index contributed by atoms with van der Waals surface area (Å²) in [7, 11) is 0. The van der Waals surface area contributed by atoms with E-state index in [2.05, 4.69) is 0 Å². The zero-order valence-corrected chi connectivity index (χ0v) is 19.6. The van der Waals surface area contributed by atoms with Crippen LogP contribution in [0.1, 0.15) is 47.1 Å². The lowest BCUT2D eigenvalue weighted by Crippen LogP contribution is -2.55. The van der Waals surface area contributed by atoms with Gasteiger partial charge in [-0.3, -0.25) is 19.3 Å². The molecule has 5 rings (SSSR count). The Kier molecular flexibility index (Phi) is 6.72. The summed E-state index contributed by atoms with van der Waals surface area (Å²) in [5.41, 5.74) is 2.38. The Morgan fingerprint density at radius 1 is 1.00 bits per heavy atom. The molecule has 0 saturated carbocycles. The molecular weight excluding hydrogens is 430 g/mol. The molecule has 0 aliphatic carbocycles. The van der Waals surface area contributed by atoms with Crippen LogP contribution in [-0.4, -0.2) is 40.4 Å². The monoisotopic (exact) mass is 459 g/mol. The van der Waals surface area contributed by atoms with E-state index in [1.54, 1.807) is 15.8 Å². The van der Waals surface area contributed by atoms with Gasteiger partial charge in [0.1, 0.15) is 25.1 Å². The van der Waals surface area contributed by atoms with Crippen molar-refractivity contribution in [1.29, 1.82) is 0 Å². The Bertz CT molecular complexity index is 1270. The van der Waals surface area contributed by atoms with E-state index in [-0.39, 0.29) is 18.4 Å². The highest BCUT2D eigenvalue weighted by Crippen LogP contribution is 2.37. The van der Waals surface area contributed by atoms with Crippen LogP contribution in [0.4, 0.5) is 0 Å². The summed E-state index contributed by atoms with van der Waals surface area (Å²) in [6.07, 6.45) is 5.29. The molecule has 1 atom stereocenters. The van der Waals surface area contributed by atoms with Gasteiger partial charge in [-0.2, -0.15) is 0 Å². The second-order valence-corrected chi connectivity index (χ2v) is 7.97.